The van der Waals surface area contributed by atoms with Gasteiger partial charge in [-0.05, 0) is 46.0 Å². The SMILES string of the molecule is C=C(NC(=NC)c1ccccc1)c1cc(-c2ccccc2)cc(-c2ccccc2)c1. The molecule has 0 aliphatic rings. The molecule has 0 atom stereocenters. The average molecular weight is 389 g/mol. The van der Waals surface area contributed by atoms with E-state index in [4.69, 9.17) is 0 Å². The number of hydrogen-bond donors (Lipinski definition) is 1. The number of rotatable bonds is 5. The molecule has 2 nitrogen and oxygen atoms in total. The van der Waals surface area contributed by atoms with Crippen molar-refractivity contribution in [3.05, 3.63) is 127 Å². The van der Waals surface area contributed by atoms with E-state index in [-0.39, 0.29) is 0 Å². The normalized spacial score (nSPS) is 11.2. The molecule has 0 aliphatic heterocycles. The molecular weight excluding hydrogens is 364 g/mol. The highest BCUT2D eigenvalue weighted by Gasteiger charge is 2.10. The molecule has 0 aliphatic carbocycles. The van der Waals surface area contributed by atoms with Crippen LogP contribution in [0.2, 0.25) is 0 Å². The van der Waals surface area contributed by atoms with Crippen molar-refractivity contribution < 1.29 is 0 Å². The highest BCUT2D eigenvalue weighted by Crippen LogP contribution is 2.30. The Kier molecular flexibility index (Phi) is 5.86. The summed E-state index contributed by atoms with van der Waals surface area (Å²) in [4.78, 5) is 4.43. The van der Waals surface area contributed by atoms with Crippen molar-refractivity contribution in [2.24, 2.45) is 4.99 Å². The number of benzene rings is 4. The second-order valence-electron chi connectivity index (χ2n) is 7.07. The minimum atomic E-state index is 0.798. The molecule has 0 bridgehead atoms. The van der Waals surface area contributed by atoms with E-state index in [9.17, 15) is 0 Å². The molecule has 146 valence electrons. The minimum Gasteiger partial charge on any atom is -0.340 e. The summed E-state index contributed by atoms with van der Waals surface area (Å²) in [5, 5.41) is 3.41. The molecule has 0 radical (unpaired) electrons. The van der Waals surface area contributed by atoms with E-state index in [1.807, 2.05) is 42.5 Å². The monoisotopic (exact) mass is 388 g/mol. The lowest BCUT2D eigenvalue weighted by Crippen LogP contribution is -2.22. The van der Waals surface area contributed by atoms with E-state index in [2.05, 4.69) is 83.6 Å². The third-order valence-corrected chi connectivity index (χ3v) is 5.04. The maximum Gasteiger partial charge on any atom is 0.132 e. The Morgan fingerprint density at radius 3 is 1.53 bits per heavy atom. The van der Waals surface area contributed by atoms with Crippen LogP contribution in [-0.2, 0) is 0 Å². The van der Waals surface area contributed by atoms with Crippen LogP contribution < -0.4 is 5.32 Å². The fraction of sp³-hybridized carbons (Fsp3) is 0.0357. The van der Waals surface area contributed by atoms with E-state index in [1.54, 1.807) is 7.05 Å². The van der Waals surface area contributed by atoms with Crippen LogP contribution in [0.25, 0.3) is 28.0 Å². The molecule has 4 aromatic carbocycles. The van der Waals surface area contributed by atoms with E-state index in [0.717, 1.165) is 33.8 Å². The smallest absolute Gasteiger partial charge is 0.132 e. The molecule has 0 spiro atoms. The van der Waals surface area contributed by atoms with Crippen molar-refractivity contribution in [1.82, 2.24) is 5.32 Å². The molecule has 4 rings (SSSR count). The predicted molar refractivity (Wildman–Crippen MR) is 128 cm³/mol. The van der Waals surface area contributed by atoms with Gasteiger partial charge >= 0.3 is 0 Å². The highest BCUT2D eigenvalue weighted by molar-refractivity contribution is 6.03. The number of nitrogens with one attached hydrogen (secondary N) is 1. The molecule has 0 amide bonds. The first-order valence-electron chi connectivity index (χ1n) is 9.99. The first kappa shape index (κ1) is 19.4. The topological polar surface area (TPSA) is 24.4 Å². The summed E-state index contributed by atoms with van der Waals surface area (Å²) in [6.45, 7) is 4.32. The maximum absolute atomic E-state index is 4.43. The third kappa shape index (κ3) is 4.39. The zero-order valence-corrected chi connectivity index (χ0v) is 17.0. The lowest BCUT2D eigenvalue weighted by molar-refractivity contribution is 1.24. The first-order chi connectivity index (χ1) is 14.7. The molecular formula is C28H24N2. The maximum atomic E-state index is 4.43. The molecule has 4 aromatic rings. The van der Waals surface area contributed by atoms with Gasteiger partial charge in [-0.3, -0.25) is 4.99 Å². The highest BCUT2D eigenvalue weighted by atomic mass is 15.0. The van der Waals surface area contributed by atoms with Crippen LogP contribution in [0, 0.1) is 0 Å². The fourth-order valence-electron chi connectivity index (χ4n) is 3.46. The second kappa shape index (κ2) is 9.06. The molecule has 0 heterocycles. The van der Waals surface area contributed by atoms with Crippen molar-refractivity contribution in [3.8, 4) is 22.3 Å². The standard InChI is InChI=1S/C28H24N2/c1-21(30-28(29-2)24-16-10-5-11-17-24)25-18-26(22-12-6-3-7-13-22)20-27(19-25)23-14-8-4-9-15-23/h3-20H,1H2,2H3,(H,29,30). The van der Waals surface area contributed by atoms with Crippen LogP contribution in [0.1, 0.15) is 11.1 Å². The van der Waals surface area contributed by atoms with Crippen molar-refractivity contribution >= 4 is 11.5 Å². The average Bonchev–Trinajstić information content (AvgIpc) is 2.83. The van der Waals surface area contributed by atoms with Crippen LogP contribution in [0.3, 0.4) is 0 Å². The third-order valence-electron chi connectivity index (χ3n) is 5.04. The van der Waals surface area contributed by atoms with Gasteiger partial charge in [0.1, 0.15) is 5.84 Å². The molecule has 0 saturated carbocycles. The lowest BCUT2D eigenvalue weighted by atomic mass is 9.95. The zero-order valence-electron chi connectivity index (χ0n) is 17.0. The van der Waals surface area contributed by atoms with E-state index in [0.29, 0.717) is 0 Å². The van der Waals surface area contributed by atoms with Crippen molar-refractivity contribution in [2.75, 3.05) is 7.05 Å². The molecule has 0 unspecified atom stereocenters. The van der Waals surface area contributed by atoms with Gasteiger partial charge in [0.15, 0.2) is 0 Å². The molecule has 30 heavy (non-hydrogen) atoms. The van der Waals surface area contributed by atoms with Gasteiger partial charge < -0.3 is 5.32 Å². The molecule has 0 aromatic heterocycles. The largest absolute Gasteiger partial charge is 0.340 e. The van der Waals surface area contributed by atoms with Crippen molar-refractivity contribution in [2.45, 2.75) is 0 Å². The first-order valence-corrected chi connectivity index (χ1v) is 9.99. The van der Waals surface area contributed by atoms with Gasteiger partial charge in [0.05, 0.1) is 0 Å². The summed E-state index contributed by atoms with van der Waals surface area (Å²) in [6.07, 6.45) is 0. The second-order valence-corrected chi connectivity index (χ2v) is 7.07. The van der Waals surface area contributed by atoms with Crippen LogP contribution in [0.15, 0.2) is 121 Å². The summed E-state index contributed by atoms with van der Waals surface area (Å²) in [6, 6.07) is 37.5. The van der Waals surface area contributed by atoms with Crippen molar-refractivity contribution in [1.29, 1.82) is 0 Å². The Morgan fingerprint density at radius 1 is 0.600 bits per heavy atom. The Bertz CT molecular complexity index is 1100. The van der Waals surface area contributed by atoms with Gasteiger partial charge in [0.2, 0.25) is 0 Å². The van der Waals surface area contributed by atoms with Gasteiger partial charge in [-0.2, -0.15) is 0 Å². The van der Waals surface area contributed by atoms with E-state index >= 15 is 0 Å². The van der Waals surface area contributed by atoms with Gasteiger partial charge in [-0.15, -0.1) is 0 Å². The molecule has 0 saturated heterocycles. The zero-order chi connectivity index (χ0) is 20.8. The Labute approximate surface area is 178 Å². The minimum absolute atomic E-state index is 0.798. The van der Waals surface area contributed by atoms with Crippen molar-refractivity contribution in [3.63, 3.8) is 0 Å². The molecule has 0 fully saturated rings. The van der Waals surface area contributed by atoms with Gasteiger partial charge in [-0.25, -0.2) is 0 Å². The quantitative estimate of drug-likeness (QED) is 0.300. The molecule has 1 N–H and O–H groups in total. The number of nitrogens with zero attached hydrogens (tertiary/aromatic N) is 1. The number of hydrogen-bond acceptors (Lipinski definition) is 1. The Morgan fingerprint density at radius 2 is 1.07 bits per heavy atom. The summed E-state index contributed by atoms with van der Waals surface area (Å²) in [5.74, 6) is 0.798. The number of amidine groups is 1. The van der Waals surface area contributed by atoms with Crippen LogP contribution in [0.5, 0.6) is 0 Å². The van der Waals surface area contributed by atoms with Gasteiger partial charge in [0, 0.05) is 18.3 Å². The fourth-order valence-corrected chi connectivity index (χ4v) is 3.46. The van der Waals surface area contributed by atoms with E-state index in [1.165, 1.54) is 11.1 Å². The van der Waals surface area contributed by atoms with Crippen LogP contribution >= 0.6 is 0 Å². The summed E-state index contributed by atoms with van der Waals surface area (Å²) in [5.41, 5.74) is 7.55. The summed E-state index contributed by atoms with van der Waals surface area (Å²) in [7, 11) is 1.79. The number of aliphatic imine (C=N–C) groups is 1. The van der Waals surface area contributed by atoms with Gasteiger partial charge in [0.25, 0.3) is 0 Å². The summed E-state index contributed by atoms with van der Waals surface area (Å²) < 4.78 is 0. The van der Waals surface area contributed by atoms with E-state index < -0.39 is 0 Å². The Hall–Kier alpha value is -3.91. The van der Waals surface area contributed by atoms with Crippen LogP contribution in [-0.4, -0.2) is 12.9 Å². The predicted octanol–water partition coefficient (Wildman–Crippen LogP) is 6.66. The molecule has 2 heteroatoms. The van der Waals surface area contributed by atoms with Gasteiger partial charge in [-0.1, -0.05) is 97.6 Å². The Balaban J connectivity index is 1.74. The summed E-state index contributed by atoms with van der Waals surface area (Å²) >= 11 is 0. The van der Waals surface area contributed by atoms with Crippen LogP contribution in [0.4, 0.5) is 0 Å². The lowest BCUT2D eigenvalue weighted by Gasteiger charge is -2.15.